The van der Waals surface area contributed by atoms with Gasteiger partial charge in [-0.05, 0) is 25.1 Å². The molecule has 148 valence electrons. The maximum Gasteiger partial charge on any atom is 0.324 e. The molecule has 0 saturated carbocycles. The molecule has 3 amide bonds. The van der Waals surface area contributed by atoms with Crippen LogP contribution in [0.1, 0.15) is 6.92 Å². The Hall–Kier alpha value is -1.75. The Morgan fingerprint density at radius 3 is 2.52 bits per heavy atom. The van der Waals surface area contributed by atoms with E-state index in [2.05, 4.69) is 5.32 Å². The predicted octanol–water partition coefficient (Wildman–Crippen LogP) is -0.691. The van der Waals surface area contributed by atoms with Crippen LogP contribution in [0.2, 0.25) is 5.02 Å². The third-order valence-electron chi connectivity index (χ3n) is 5.00. The number of piperazine rings is 1. The van der Waals surface area contributed by atoms with Crippen LogP contribution in [0.5, 0.6) is 0 Å². The molecule has 0 bridgehead atoms. The van der Waals surface area contributed by atoms with Crippen LogP contribution in [0.3, 0.4) is 0 Å². The number of carbonyl (C=O) groups is 2. The van der Waals surface area contributed by atoms with E-state index in [1.165, 1.54) is 15.3 Å². The fourth-order valence-corrected chi connectivity index (χ4v) is 5.04. The standard InChI is InChI=1S/C16H20ClFN4O4S/c1-11(15(23)22-5-4-19-16(22)24)20-6-8-21(9-7-20)27(25,26)12-2-3-14(18)13(17)10-12/h2-3,10-11H,4-9H2,1H3,(H,19,24)/p+1/t11-/m0/s1. The van der Waals surface area contributed by atoms with Gasteiger partial charge in [-0.25, -0.2) is 17.6 Å². The van der Waals surface area contributed by atoms with E-state index in [-0.39, 0.29) is 34.9 Å². The second-order valence-electron chi connectivity index (χ2n) is 6.58. The van der Waals surface area contributed by atoms with Crippen LogP contribution in [0.4, 0.5) is 9.18 Å². The molecule has 2 aliphatic rings. The first-order chi connectivity index (χ1) is 12.7. The molecule has 0 aliphatic carbocycles. The zero-order chi connectivity index (χ0) is 19.8. The van der Waals surface area contributed by atoms with Crippen molar-refractivity contribution in [2.24, 2.45) is 0 Å². The van der Waals surface area contributed by atoms with Gasteiger partial charge in [-0.2, -0.15) is 4.31 Å². The monoisotopic (exact) mass is 419 g/mol. The summed E-state index contributed by atoms with van der Waals surface area (Å²) in [6.45, 7) is 3.83. The molecule has 11 heteroatoms. The van der Waals surface area contributed by atoms with Gasteiger partial charge in [-0.15, -0.1) is 0 Å². The minimum Gasteiger partial charge on any atom is -0.336 e. The lowest BCUT2D eigenvalue weighted by molar-refractivity contribution is -0.917. The Balaban J connectivity index is 1.65. The topological polar surface area (TPSA) is 91.2 Å². The summed E-state index contributed by atoms with van der Waals surface area (Å²) in [4.78, 5) is 26.2. The number of sulfonamides is 1. The van der Waals surface area contributed by atoms with Crippen molar-refractivity contribution >= 4 is 33.6 Å². The van der Waals surface area contributed by atoms with Crippen molar-refractivity contribution in [3.05, 3.63) is 29.0 Å². The number of amides is 3. The van der Waals surface area contributed by atoms with Crippen molar-refractivity contribution in [3.8, 4) is 0 Å². The number of urea groups is 1. The third-order valence-corrected chi connectivity index (χ3v) is 7.18. The molecule has 0 radical (unpaired) electrons. The predicted molar refractivity (Wildman–Crippen MR) is 95.4 cm³/mol. The maximum atomic E-state index is 13.3. The molecule has 27 heavy (non-hydrogen) atoms. The van der Waals surface area contributed by atoms with E-state index in [0.29, 0.717) is 26.2 Å². The van der Waals surface area contributed by atoms with Crippen LogP contribution < -0.4 is 10.2 Å². The largest absolute Gasteiger partial charge is 0.336 e. The van der Waals surface area contributed by atoms with Crippen LogP contribution >= 0.6 is 11.6 Å². The van der Waals surface area contributed by atoms with Gasteiger partial charge in [0.1, 0.15) is 5.82 Å². The second-order valence-corrected chi connectivity index (χ2v) is 8.93. The molecule has 1 aromatic carbocycles. The lowest BCUT2D eigenvalue weighted by Crippen LogP contribution is -3.19. The van der Waals surface area contributed by atoms with Gasteiger partial charge in [-0.3, -0.25) is 9.69 Å². The highest BCUT2D eigenvalue weighted by atomic mass is 35.5. The second kappa shape index (κ2) is 7.70. The number of quaternary nitrogens is 1. The minimum absolute atomic E-state index is 0.0600. The molecule has 2 N–H and O–H groups in total. The summed E-state index contributed by atoms with van der Waals surface area (Å²) >= 11 is 5.70. The number of rotatable bonds is 4. The summed E-state index contributed by atoms with van der Waals surface area (Å²) in [7, 11) is -3.79. The van der Waals surface area contributed by atoms with Crippen LogP contribution in [0.25, 0.3) is 0 Å². The fourth-order valence-electron chi connectivity index (χ4n) is 3.32. The fraction of sp³-hybridized carbons (Fsp3) is 0.500. The molecule has 2 aliphatic heterocycles. The van der Waals surface area contributed by atoms with E-state index in [1.807, 2.05) is 0 Å². The van der Waals surface area contributed by atoms with Gasteiger partial charge in [0.05, 0.1) is 36.1 Å². The molecule has 1 atom stereocenters. The van der Waals surface area contributed by atoms with Gasteiger partial charge in [0.2, 0.25) is 10.0 Å². The lowest BCUT2D eigenvalue weighted by atomic mass is 10.2. The average molecular weight is 420 g/mol. The summed E-state index contributed by atoms with van der Waals surface area (Å²) in [6.07, 6.45) is 0. The molecule has 0 spiro atoms. The first-order valence-electron chi connectivity index (χ1n) is 8.61. The zero-order valence-electron chi connectivity index (χ0n) is 14.7. The Morgan fingerprint density at radius 1 is 1.30 bits per heavy atom. The molecule has 2 saturated heterocycles. The first kappa shape index (κ1) is 20.0. The smallest absolute Gasteiger partial charge is 0.324 e. The number of nitrogens with zero attached hydrogens (tertiary/aromatic N) is 2. The van der Waals surface area contributed by atoms with Crippen molar-refractivity contribution in [3.63, 3.8) is 0 Å². The average Bonchev–Trinajstić information content (AvgIpc) is 3.08. The highest BCUT2D eigenvalue weighted by Crippen LogP contribution is 2.22. The molecule has 3 rings (SSSR count). The van der Waals surface area contributed by atoms with E-state index in [9.17, 15) is 22.4 Å². The number of imide groups is 1. The van der Waals surface area contributed by atoms with Crippen molar-refractivity contribution in [1.82, 2.24) is 14.5 Å². The van der Waals surface area contributed by atoms with E-state index in [4.69, 9.17) is 11.6 Å². The Kier molecular flexibility index (Phi) is 5.71. The quantitative estimate of drug-likeness (QED) is 0.675. The Labute approximate surface area is 161 Å². The number of hydrogen-bond acceptors (Lipinski definition) is 4. The van der Waals surface area contributed by atoms with Crippen molar-refractivity contribution in [1.29, 1.82) is 0 Å². The molecule has 1 aromatic rings. The molecule has 0 unspecified atom stereocenters. The van der Waals surface area contributed by atoms with E-state index >= 15 is 0 Å². The Morgan fingerprint density at radius 2 is 1.96 bits per heavy atom. The molecular weight excluding hydrogens is 399 g/mol. The van der Waals surface area contributed by atoms with Crippen molar-refractivity contribution in [2.75, 3.05) is 39.3 Å². The van der Waals surface area contributed by atoms with Gasteiger partial charge < -0.3 is 10.2 Å². The number of hydrogen-bond donors (Lipinski definition) is 2. The van der Waals surface area contributed by atoms with Crippen LogP contribution in [0.15, 0.2) is 23.1 Å². The van der Waals surface area contributed by atoms with Crippen molar-refractivity contribution in [2.45, 2.75) is 17.9 Å². The normalized spacial score (nSPS) is 20.6. The molecule has 0 aromatic heterocycles. The molecule has 2 heterocycles. The van der Waals surface area contributed by atoms with Gasteiger partial charge in [0.15, 0.2) is 6.04 Å². The van der Waals surface area contributed by atoms with Crippen LogP contribution in [-0.2, 0) is 14.8 Å². The van der Waals surface area contributed by atoms with Crippen LogP contribution in [0, 0.1) is 5.82 Å². The van der Waals surface area contributed by atoms with E-state index in [0.717, 1.165) is 17.0 Å². The Bertz CT molecular complexity index is 858. The molecule has 8 nitrogen and oxygen atoms in total. The molecule has 2 fully saturated rings. The van der Waals surface area contributed by atoms with Crippen LogP contribution in [-0.4, -0.2) is 74.9 Å². The third kappa shape index (κ3) is 3.93. The maximum absolute atomic E-state index is 13.3. The number of carbonyl (C=O) groups excluding carboxylic acids is 2. The van der Waals surface area contributed by atoms with Gasteiger partial charge in [-0.1, -0.05) is 11.6 Å². The zero-order valence-corrected chi connectivity index (χ0v) is 16.3. The lowest BCUT2D eigenvalue weighted by Gasteiger charge is -2.34. The number of halogens is 2. The minimum atomic E-state index is -3.79. The summed E-state index contributed by atoms with van der Waals surface area (Å²) < 4.78 is 40.0. The van der Waals surface area contributed by atoms with Gasteiger partial charge >= 0.3 is 6.03 Å². The van der Waals surface area contributed by atoms with E-state index < -0.39 is 21.9 Å². The van der Waals surface area contributed by atoms with Gasteiger partial charge in [0.25, 0.3) is 5.91 Å². The number of nitrogens with one attached hydrogen (secondary N) is 2. The summed E-state index contributed by atoms with van der Waals surface area (Å²) in [5.41, 5.74) is 0. The SMILES string of the molecule is C[C@@H](C(=O)N1CCNC1=O)[NH+]1CCN(S(=O)(=O)c2ccc(F)c(Cl)c2)CC1. The number of benzene rings is 1. The van der Waals surface area contributed by atoms with Crippen molar-refractivity contribution < 1.29 is 27.3 Å². The highest BCUT2D eigenvalue weighted by Gasteiger charge is 2.38. The summed E-state index contributed by atoms with van der Waals surface area (Å²) in [6, 6.07) is 2.48. The first-order valence-corrected chi connectivity index (χ1v) is 10.4. The van der Waals surface area contributed by atoms with Gasteiger partial charge in [0, 0.05) is 13.1 Å². The summed E-state index contributed by atoms with van der Waals surface area (Å²) in [5.74, 6) is -0.940. The summed E-state index contributed by atoms with van der Waals surface area (Å²) in [5, 5.41) is 2.35. The van der Waals surface area contributed by atoms with E-state index in [1.54, 1.807) is 6.92 Å². The molecular formula is C16H21ClFN4O4S+. The highest BCUT2D eigenvalue weighted by molar-refractivity contribution is 7.89.